The third-order valence-electron chi connectivity index (χ3n) is 4.15. The van der Waals surface area contributed by atoms with E-state index in [9.17, 15) is 0 Å². The first-order valence-electron chi connectivity index (χ1n) is 7.71. The third kappa shape index (κ3) is 2.67. The van der Waals surface area contributed by atoms with E-state index in [1.165, 1.54) is 5.69 Å². The maximum absolute atomic E-state index is 4.59. The fourth-order valence-corrected chi connectivity index (χ4v) is 2.88. The summed E-state index contributed by atoms with van der Waals surface area (Å²) in [5, 5.41) is 8.06. The fourth-order valence-electron chi connectivity index (χ4n) is 2.88. The normalized spacial score (nSPS) is 14.6. The Labute approximate surface area is 133 Å². The highest BCUT2D eigenvalue weighted by Gasteiger charge is 2.20. The second-order valence-electron chi connectivity index (χ2n) is 5.69. The second kappa shape index (κ2) is 5.79. The lowest BCUT2D eigenvalue weighted by Gasteiger charge is -2.20. The van der Waals surface area contributed by atoms with E-state index < -0.39 is 0 Å². The second-order valence-corrected chi connectivity index (χ2v) is 5.69. The molecular formula is C15H18N8. The maximum Gasteiger partial charge on any atom is 0.225 e. The molecule has 3 aromatic rings. The third-order valence-corrected chi connectivity index (χ3v) is 4.15. The molecule has 0 aromatic carbocycles. The Balaban J connectivity index is 1.64. The molecule has 8 nitrogen and oxygen atoms in total. The molecule has 8 heteroatoms. The lowest BCUT2D eigenvalue weighted by Crippen LogP contribution is -2.25. The summed E-state index contributed by atoms with van der Waals surface area (Å²) in [6, 6.07) is 1.84. The molecule has 4 heterocycles. The standard InChI is InChI=1S/C15H18N8/c1-12-8-19-20-23(12)9-13-14-10-21(15-16-4-2-5-17-15)6-3-7-22(14)11-18-13/h2,4-5,8,11H,3,6-7,9-10H2,1H3. The molecule has 0 radical (unpaired) electrons. The minimum Gasteiger partial charge on any atom is -0.335 e. The van der Waals surface area contributed by atoms with E-state index in [4.69, 9.17) is 0 Å². The Morgan fingerprint density at radius 3 is 2.78 bits per heavy atom. The molecule has 0 bridgehead atoms. The Morgan fingerprint density at radius 1 is 1.13 bits per heavy atom. The van der Waals surface area contributed by atoms with Crippen molar-refractivity contribution in [3.63, 3.8) is 0 Å². The van der Waals surface area contributed by atoms with Gasteiger partial charge in [0.2, 0.25) is 5.95 Å². The van der Waals surface area contributed by atoms with Crippen molar-refractivity contribution in [2.24, 2.45) is 0 Å². The first-order valence-corrected chi connectivity index (χ1v) is 7.71. The van der Waals surface area contributed by atoms with Crippen LogP contribution in [0.25, 0.3) is 0 Å². The van der Waals surface area contributed by atoms with Crippen molar-refractivity contribution >= 4 is 5.95 Å². The van der Waals surface area contributed by atoms with Crippen molar-refractivity contribution in [2.45, 2.75) is 33.0 Å². The predicted octanol–water partition coefficient (Wildman–Crippen LogP) is 1.03. The summed E-state index contributed by atoms with van der Waals surface area (Å²) < 4.78 is 4.10. The van der Waals surface area contributed by atoms with Crippen LogP contribution in [0.4, 0.5) is 5.95 Å². The fraction of sp³-hybridized carbons (Fsp3) is 0.400. The van der Waals surface area contributed by atoms with Gasteiger partial charge < -0.3 is 9.47 Å². The van der Waals surface area contributed by atoms with Crippen molar-refractivity contribution in [2.75, 3.05) is 11.4 Å². The van der Waals surface area contributed by atoms with E-state index in [0.29, 0.717) is 6.54 Å². The molecule has 1 aliphatic heterocycles. The minimum atomic E-state index is 0.637. The van der Waals surface area contributed by atoms with Crippen molar-refractivity contribution in [3.05, 3.63) is 48.1 Å². The molecule has 0 amide bonds. The number of hydrogen-bond donors (Lipinski definition) is 0. The van der Waals surface area contributed by atoms with Crippen LogP contribution in [0.2, 0.25) is 0 Å². The summed E-state index contributed by atoms with van der Waals surface area (Å²) >= 11 is 0. The average Bonchev–Trinajstić information content (AvgIpc) is 3.08. The Kier molecular flexibility index (Phi) is 3.49. The van der Waals surface area contributed by atoms with E-state index in [-0.39, 0.29) is 0 Å². The molecule has 1 aliphatic rings. The van der Waals surface area contributed by atoms with Crippen LogP contribution in [-0.4, -0.2) is 41.1 Å². The monoisotopic (exact) mass is 310 g/mol. The van der Waals surface area contributed by atoms with Crippen molar-refractivity contribution in [1.29, 1.82) is 0 Å². The summed E-state index contributed by atoms with van der Waals surface area (Å²) in [7, 11) is 0. The molecule has 0 atom stereocenters. The highest BCUT2D eigenvalue weighted by Crippen LogP contribution is 2.20. The van der Waals surface area contributed by atoms with Crippen LogP contribution in [0.3, 0.4) is 0 Å². The van der Waals surface area contributed by atoms with Gasteiger partial charge in [-0.15, -0.1) is 5.10 Å². The van der Waals surface area contributed by atoms with Gasteiger partial charge >= 0.3 is 0 Å². The first-order chi connectivity index (χ1) is 11.3. The average molecular weight is 310 g/mol. The maximum atomic E-state index is 4.59. The molecule has 0 N–H and O–H groups in total. The molecule has 0 aliphatic carbocycles. The summed E-state index contributed by atoms with van der Waals surface area (Å²) in [5.41, 5.74) is 3.26. The van der Waals surface area contributed by atoms with Crippen LogP contribution < -0.4 is 4.90 Å². The van der Waals surface area contributed by atoms with E-state index in [0.717, 1.165) is 43.4 Å². The van der Waals surface area contributed by atoms with Gasteiger partial charge in [0.15, 0.2) is 0 Å². The zero-order chi connectivity index (χ0) is 15.6. The minimum absolute atomic E-state index is 0.637. The number of imidazole rings is 1. The van der Waals surface area contributed by atoms with Crippen LogP contribution in [0.1, 0.15) is 23.5 Å². The molecule has 0 fully saturated rings. The number of aryl methyl sites for hydroxylation is 2. The van der Waals surface area contributed by atoms with Crippen LogP contribution >= 0.6 is 0 Å². The molecule has 0 unspecified atom stereocenters. The molecular weight excluding hydrogens is 292 g/mol. The highest BCUT2D eigenvalue weighted by atomic mass is 15.4. The quantitative estimate of drug-likeness (QED) is 0.719. The molecule has 0 spiro atoms. The summed E-state index contributed by atoms with van der Waals surface area (Å²) in [4.78, 5) is 15.6. The van der Waals surface area contributed by atoms with Crippen LogP contribution in [0, 0.1) is 6.92 Å². The number of aromatic nitrogens is 7. The summed E-state index contributed by atoms with van der Waals surface area (Å²) in [5.74, 6) is 0.769. The molecule has 118 valence electrons. The van der Waals surface area contributed by atoms with Crippen molar-refractivity contribution in [3.8, 4) is 0 Å². The topological polar surface area (TPSA) is 77.5 Å². The van der Waals surface area contributed by atoms with Crippen LogP contribution in [0.15, 0.2) is 31.0 Å². The first kappa shape index (κ1) is 13.9. The van der Waals surface area contributed by atoms with Gasteiger partial charge in [-0.1, -0.05) is 5.21 Å². The molecule has 3 aromatic heterocycles. The largest absolute Gasteiger partial charge is 0.335 e. The zero-order valence-corrected chi connectivity index (χ0v) is 13.0. The van der Waals surface area contributed by atoms with Crippen LogP contribution in [0.5, 0.6) is 0 Å². The van der Waals surface area contributed by atoms with Crippen molar-refractivity contribution in [1.82, 2.24) is 34.5 Å². The SMILES string of the molecule is Cc1cnnn1Cc1ncn2c1CN(c1ncccn1)CCC2. The lowest BCUT2D eigenvalue weighted by atomic mass is 10.3. The van der Waals surface area contributed by atoms with Gasteiger partial charge in [-0.2, -0.15) is 0 Å². The molecule has 0 saturated carbocycles. The Bertz CT molecular complexity index is 791. The highest BCUT2D eigenvalue weighted by molar-refractivity contribution is 5.32. The van der Waals surface area contributed by atoms with Crippen LogP contribution in [-0.2, 0) is 19.6 Å². The molecule has 0 saturated heterocycles. The molecule has 4 rings (SSSR count). The Hall–Kier alpha value is -2.77. The number of nitrogens with zero attached hydrogens (tertiary/aromatic N) is 8. The predicted molar refractivity (Wildman–Crippen MR) is 83.8 cm³/mol. The number of anilines is 1. The number of rotatable bonds is 3. The van der Waals surface area contributed by atoms with E-state index in [2.05, 4.69) is 34.7 Å². The van der Waals surface area contributed by atoms with Gasteiger partial charge in [0, 0.05) is 25.5 Å². The van der Waals surface area contributed by atoms with Gasteiger partial charge in [0.25, 0.3) is 0 Å². The zero-order valence-electron chi connectivity index (χ0n) is 13.0. The number of hydrogen-bond acceptors (Lipinski definition) is 6. The van der Waals surface area contributed by atoms with Gasteiger partial charge in [0.05, 0.1) is 42.7 Å². The van der Waals surface area contributed by atoms with Gasteiger partial charge in [-0.25, -0.2) is 19.6 Å². The lowest BCUT2D eigenvalue weighted by molar-refractivity contribution is 0.616. The van der Waals surface area contributed by atoms with E-state index in [1.54, 1.807) is 18.6 Å². The smallest absolute Gasteiger partial charge is 0.225 e. The van der Waals surface area contributed by atoms with E-state index in [1.807, 2.05) is 24.0 Å². The van der Waals surface area contributed by atoms with Gasteiger partial charge in [-0.3, -0.25) is 0 Å². The summed E-state index contributed by atoms with van der Waals surface area (Å²) in [6.07, 6.45) is 8.29. The summed E-state index contributed by atoms with van der Waals surface area (Å²) in [6.45, 7) is 5.29. The Morgan fingerprint density at radius 2 is 2.00 bits per heavy atom. The number of fused-ring (bicyclic) bond motifs is 1. The van der Waals surface area contributed by atoms with E-state index >= 15 is 0 Å². The van der Waals surface area contributed by atoms with Gasteiger partial charge in [0.1, 0.15) is 0 Å². The van der Waals surface area contributed by atoms with Gasteiger partial charge in [-0.05, 0) is 19.4 Å². The van der Waals surface area contributed by atoms with Crippen molar-refractivity contribution < 1.29 is 0 Å². The molecule has 23 heavy (non-hydrogen) atoms.